The lowest BCUT2D eigenvalue weighted by atomic mass is 10.0. The number of nitrogens with zero attached hydrogens (tertiary/aromatic N) is 2. The SMILES string of the molecule is O=C(O)CN1CCN(Cc2ccc(Cl)cc2F)[C@H]2CS(=O)(=O)C[C@H]21. The van der Waals surface area contributed by atoms with Gasteiger partial charge in [-0.3, -0.25) is 14.6 Å². The fraction of sp³-hybridized carbons (Fsp3) is 0.533. The van der Waals surface area contributed by atoms with E-state index in [1.807, 2.05) is 4.90 Å². The number of fused-ring (bicyclic) bond motifs is 1. The van der Waals surface area contributed by atoms with Crippen LogP contribution in [0.15, 0.2) is 18.2 Å². The van der Waals surface area contributed by atoms with Gasteiger partial charge < -0.3 is 5.11 Å². The Balaban J connectivity index is 1.81. The quantitative estimate of drug-likeness (QED) is 0.839. The summed E-state index contributed by atoms with van der Waals surface area (Å²) in [6, 6.07) is 3.75. The topological polar surface area (TPSA) is 77.9 Å². The highest BCUT2D eigenvalue weighted by Crippen LogP contribution is 2.28. The molecule has 0 radical (unpaired) electrons. The summed E-state index contributed by atoms with van der Waals surface area (Å²) in [6.45, 7) is 1.03. The molecule has 1 N–H and O–H groups in total. The number of carboxylic acid groups (broad SMARTS) is 1. The minimum Gasteiger partial charge on any atom is -0.480 e. The number of hydrogen-bond donors (Lipinski definition) is 1. The smallest absolute Gasteiger partial charge is 0.317 e. The Morgan fingerprint density at radius 2 is 1.88 bits per heavy atom. The number of carboxylic acids is 1. The van der Waals surface area contributed by atoms with Crippen LogP contribution in [0.5, 0.6) is 0 Å². The zero-order chi connectivity index (χ0) is 17.5. The van der Waals surface area contributed by atoms with E-state index in [-0.39, 0.29) is 36.7 Å². The monoisotopic (exact) mass is 376 g/mol. The summed E-state index contributed by atoms with van der Waals surface area (Å²) < 4.78 is 38.1. The molecule has 2 saturated heterocycles. The van der Waals surface area contributed by atoms with Gasteiger partial charge in [-0.1, -0.05) is 17.7 Å². The molecule has 2 aliphatic heterocycles. The minimum absolute atomic E-state index is 0.0248. The molecule has 6 nitrogen and oxygen atoms in total. The number of benzene rings is 1. The zero-order valence-electron chi connectivity index (χ0n) is 12.9. The molecule has 0 bridgehead atoms. The summed E-state index contributed by atoms with van der Waals surface area (Å²) in [5.74, 6) is -1.48. The Kier molecular flexibility index (Phi) is 4.83. The van der Waals surface area contributed by atoms with E-state index in [9.17, 15) is 17.6 Å². The molecule has 1 aromatic carbocycles. The van der Waals surface area contributed by atoms with Crippen LogP contribution in [-0.2, 0) is 21.2 Å². The van der Waals surface area contributed by atoms with Crippen LogP contribution in [0, 0.1) is 5.82 Å². The fourth-order valence-corrected chi connectivity index (χ4v) is 5.73. The van der Waals surface area contributed by atoms with Crippen LogP contribution >= 0.6 is 11.6 Å². The number of hydrogen-bond acceptors (Lipinski definition) is 5. The second kappa shape index (κ2) is 6.59. The first kappa shape index (κ1) is 17.6. The third-order valence-corrected chi connectivity index (χ3v) is 6.57. The van der Waals surface area contributed by atoms with Crippen molar-refractivity contribution in [2.24, 2.45) is 0 Å². The summed E-state index contributed by atoms with van der Waals surface area (Å²) in [4.78, 5) is 14.6. The molecular weight excluding hydrogens is 359 g/mol. The van der Waals surface area contributed by atoms with E-state index in [1.54, 1.807) is 17.0 Å². The van der Waals surface area contributed by atoms with Crippen LogP contribution in [0.3, 0.4) is 0 Å². The van der Waals surface area contributed by atoms with E-state index in [4.69, 9.17) is 16.7 Å². The predicted octanol–water partition coefficient (Wildman–Crippen LogP) is 0.847. The van der Waals surface area contributed by atoms with Crippen LogP contribution in [0.4, 0.5) is 4.39 Å². The van der Waals surface area contributed by atoms with Crippen molar-refractivity contribution in [3.05, 3.63) is 34.6 Å². The number of carbonyl (C=O) groups is 1. The largest absolute Gasteiger partial charge is 0.480 e. The average molecular weight is 377 g/mol. The molecule has 1 aromatic rings. The van der Waals surface area contributed by atoms with Gasteiger partial charge in [-0.25, -0.2) is 12.8 Å². The van der Waals surface area contributed by atoms with Crippen LogP contribution in [-0.4, -0.2) is 72.5 Å². The lowest BCUT2D eigenvalue weighted by Gasteiger charge is -2.43. The van der Waals surface area contributed by atoms with Crippen LogP contribution < -0.4 is 0 Å². The van der Waals surface area contributed by atoms with Crippen molar-refractivity contribution in [2.75, 3.05) is 31.1 Å². The lowest BCUT2D eigenvalue weighted by Crippen LogP contribution is -2.59. The van der Waals surface area contributed by atoms with E-state index in [1.165, 1.54) is 6.07 Å². The van der Waals surface area contributed by atoms with Crippen LogP contribution in [0.1, 0.15) is 5.56 Å². The van der Waals surface area contributed by atoms with Crippen molar-refractivity contribution < 1.29 is 22.7 Å². The van der Waals surface area contributed by atoms with Gasteiger partial charge in [-0.2, -0.15) is 0 Å². The van der Waals surface area contributed by atoms with Gasteiger partial charge >= 0.3 is 5.97 Å². The van der Waals surface area contributed by atoms with E-state index >= 15 is 0 Å². The van der Waals surface area contributed by atoms with Gasteiger partial charge in [0.15, 0.2) is 9.84 Å². The maximum absolute atomic E-state index is 14.0. The second-order valence-electron chi connectivity index (χ2n) is 6.28. The molecule has 9 heteroatoms. The first-order valence-corrected chi connectivity index (χ1v) is 9.79. The molecule has 2 fully saturated rings. The molecule has 0 spiro atoms. The Morgan fingerprint density at radius 3 is 2.50 bits per heavy atom. The lowest BCUT2D eigenvalue weighted by molar-refractivity contribution is -0.139. The summed E-state index contributed by atoms with van der Waals surface area (Å²) in [5, 5.41) is 9.32. The van der Waals surface area contributed by atoms with Crippen LogP contribution in [0.25, 0.3) is 0 Å². The number of halogens is 2. The van der Waals surface area contributed by atoms with Gasteiger partial charge in [0.25, 0.3) is 0 Å². The maximum Gasteiger partial charge on any atom is 0.317 e. The molecule has 2 atom stereocenters. The molecule has 24 heavy (non-hydrogen) atoms. The Bertz CT molecular complexity index is 758. The summed E-state index contributed by atoms with van der Waals surface area (Å²) in [6.07, 6.45) is 0. The van der Waals surface area contributed by atoms with Gasteiger partial charge in [0.1, 0.15) is 5.82 Å². The first-order chi connectivity index (χ1) is 11.2. The summed E-state index contributed by atoms with van der Waals surface area (Å²) in [7, 11) is -3.23. The number of sulfone groups is 1. The van der Waals surface area contributed by atoms with Crippen molar-refractivity contribution in [3.63, 3.8) is 0 Å². The zero-order valence-corrected chi connectivity index (χ0v) is 14.4. The minimum atomic E-state index is -3.23. The van der Waals surface area contributed by atoms with E-state index in [0.717, 1.165) is 0 Å². The van der Waals surface area contributed by atoms with E-state index < -0.39 is 21.6 Å². The molecule has 2 heterocycles. The third-order valence-electron chi connectivity index (χ3n) is 4.63. The average Bonchev–Trinajstić information content (AvgIpc) is 2.79. The van der Waals surface area contributed by atoms with Gasteiger partial charge in [-0.15, -0.1) is 0 Å². The molecular formula is C15H18ClFN2O4S. The summed E-state index contributed by atoms with van der Waals surface area (Å²) in [5.41, 5.74) is 0.453. The molecule has 132 valence electrons. The molecule has 2 aliphatic rings. The standard InChI is InChI=1S/C15H18ClFN2O4S/c16-11-2-1-10(12(17)5-11)6-18-3-4-19(7-15(20)21)14-9-24(22,23)8-13(14)18/h1-2,5,13-14H,3-4,6-9H2,(H,20,21)/t13-,14+/m0/s1. The van der Waals surface area contributed by atoms with Crippen molar-refractivity contribution in [3.8, 4) is 0 Å². The normalized spacial score (nSPS) is 27.1. The third kappa shape index (κ3) is 3.72. The van der Waals surface area contributed by atoms with E-state index in [2.05, 4.69) is 0 Å². The molecule has 0 amide bonds. The van der Waals surface area contributed by atoms with Crippen molar-refractivity contribution >= 4 is 27.4 Å². The molecule has 0 saturated carbocycles. The highest BCUT2D eigenvalue weighted by molar-refractivity contribution is 7.91. The first-order valence-electron chi connectivity index (χ1n) is 7.59. The Morgan fingerprint density at radius 1 is 1.25 bits per heavy atom. The second-order valence-corrected chi connectivity index (χ2v) is 8.87. The van der Waals surface area contributed by atoms with Crippen molar-refractivity contribution in [2.45, 2.75) is 18.6 Å². The number of piperazine rings is 1. The number of aliphatic carboxylic acids is 1. The fourth-order valence-electron chi connectivity index (χ4n) is 3.53. The Labute approximate surface area is 144 Å². The van der Waals surface area contributed by atoms with Crippen molar-refractivity contribution in [1.29, 1.82) is 0 Å². The Hall–Kier alpha value is -1.22. The van der Waals surface area contributed by atoms with Gasteiger partial charge in [-0.05, 0) is 12.1 Å². The van der Waals surface area contributed by atoms with E-state index in [0.29, 0.717) is 23.7 Å². The van der Waals surface area contributed by atoms with Gasteiger partial charge in [0, 0.05) is 42.3 Å². The highest BCUT2D eigenvalue weighted by atomic mass is 35.5. The number of rotatable bonds is 4. The molecule has 0 aromatic heterocycles. The van der Waals surface area contributed by atoms with Crippen LogP contribution in [0.2, 0.25) is 5.02 Å². The van der Waals surface area contributed by atoms with Gasteiger partial charge in [0.2, 0.25) is 0 Å². The van der Waals surface area contributed by atoms with Crippen molar-refractivity contribution in [1.82, 2.24) is 9.80 Å². The summed E-state index contributed by atoms with van der Waals surface area (Å²) >= 11 is 5.76. The maximum atomic E-state index is 14.0. The highest BCUT2D eigenvalue weighted by Gasteiger charge is 2.46. The molecule has 0 aliphatic carbocycles. The predicted molar refractivity (Wildman–Crippen MR) is 87.3 cm³/mol. The molecule has 3 rings (SSSR count). The van der Waals surface area contributed by atoms with Gasteiger partial charge in [0.05, 0.1) is 18.1 Å². The molecule has 0 unspecified atom stereocenters.